The maximum absolute atomic E-state index is 6.21. The zero-order chi connectivity index (χ0) is 13.0. The molecule has 0 unspecified atom stereocenters. The molecule has 3 heteroatoms. The van der Waals surface area contributed by atoms with Gasteiger partial charge in [0, 0.05) is 11.1 Å². The summed E-state index contributed by atoms with van der Waals surface area (Å²) < 4.78 is 5.62. The van der Waals surface area contributed by atoms with E-state index in [1.54, 1.807) is 6.08 Å². The predicted octanol–water partition coefficient (Wildman–Crippen LogP) is 5.23. The fourth-order valence-electron chi connectivity index (χ4n) is 1.70. The van der Waals surface area contributed by atoms with Crippen LogP contribution in [0.3, 0.4) is 0 Å². The van der Waals surface area contributed by atoms with Gasteiger partial charge in [0.15, 0.2) is 0 Å². The first-order valence-corrected chi connectivity index (χ1v) is 6.26. The molecule has 0 atom stereocenters. The van der Waals surface area contributed by atoms with Crippen molar-refractivity contribution in [2.24, 2.45) is 0 Å². The van der Waals surface area contributed by atoms with Crippen molar-refractivity contribution in [3.8, 4) is 16.9 Å². The Bertz CT molecular complexity index is 544. The molecule has 0 radical (unpaired) electrons. The summed E-state index contributed by atoms with van der Waals surface area (Å²) in [5, 5.41) is 1.22. The summed E-state index contributed by atoms with van der Waals surface area (Å²) in [5.41, 5.74) is 1.68. The number of rotatable bonds is 4. The van der Waals surface area contributed by atoms with Gasteiger partial charge in [0.05, 0.1) is 10.0 Å². The van der Waals surface area contributed by atoms with Crippen LogP contribution in [0.1, 0.15) is 0 Å². The van der Waals surface area contributed by atoms with Gasteiger partial charge in [-0.3, -0.25) is 0 Å². The molecule has 0 bridgehead atoms. The van der Waals surface area contributed by atoms with Crippen LogP contribution < -0.4 is 4.74 Å². The number of para-hydroxylation sites is 1. The molecule has 2 aromatic rings. The maximum Gasteiger partial charge on any atom is 0.127 e. The first-order chi connectivity index (χ1) is 8.74. The summed E-state index contributed by atoms with van der Waals surface area (Å²) in [6, 6.07) is 13.1. The molecule has 0 aliphatic carbocycles. The van der Waals surface area contributed by atoms with Gasteiger partial charge < -0.3 is 4.74 Å². The highest BCUT2D eigenvalue weighted by Crippen LogP contribution is 2.39. The van der Waals surface area contributed by atoms with Gasteiger partial charge in [0.1, 0.15) is 12.4 Å². The van der Waals surface area contributed by atoms with Crippen LogP contribution in [0.4, 0.5) is 0 Å². The van der Waals surface area contributed by atoms with Gasteiger partial charge in [-0.2, -0.15) is 0 Å². The van der Waals surface area contributed by atoms with Crippen LogP contribution in [0.25, 0.3) is 11.1 Å². The third kappa shape index (κ3) is 2.69. The topological polar surface area (TPSA) is 9.23 Å². The Balaban J connectivity index is 2.53. The van der Waals surface area contributed by atoms with E-state index in [4.69, 9.17) is 27.9 Å². The summed E-state index contributed by atoms with van der Waals surface area (Å²) in [7, 11) is 0. The average Bonchev–Trinajstić information content (AvgIpc) is 2.37. The lowest BCUT2D eigenvalue weighted by Gasteiger charge is -2.12. The smallest absolute Gasteiger partial charge is 0.127 e. The normalized spacial score (nSPS) is 10.1. The molecule has 0 saturated carbocycles. The summed E-state index contributed by atoms with van der Waals surface area (Å²) in [6.07, 6.45) is 1.70. The Morgan fingerprint density at radius 2 is 1.67 bits per heavy atom. The van der Waals surface area contributed by atoms with E-state index < -0.39 is 0 Å². The molecular weight excluding hydrogens is 267 g/mol. The van der Waals surface area contributed by atoms with Crippen molar-refractivity contribution in [2.45, 2.75) is 0 Å². The van der Waals surface area contributed by atoms with E-state index in [9.17, 15) is 0 Å². The molecule has 0 amide bonds. The summed E-state index contributed by atoms with van der Waals surface area (Å²) in [4.78, 5) is 0. The van der Waals surface area contributed by atoms with Crippen LogP contribution >= 0.6 is 23.2 Å². The van der Waals surface area contributed by atoms with Gasteiger partial charge >= 0.3 is 0 Å². The zero-order valence-electron chi connectivity index (χ0n) is 9.70. The van der Waals surface area contributed by atoms with Crippen LogP contribution in [0.5, 0.6) is 5.75 Å². The van der Waals surface area contributed by atoms with Crippen LogP contribution in [0, 0.1) is 0 Å². The number of ether oxygens (including phenoxy) is 1. The first-order valence-electron chi connectivity index (χ1n) is 5.51. The lowest BCUT2D eigenvalue weighted by Crippen LogP contribution is -1.95. The molecule has 2 aromatic carbocycles. The average molecular weight is 279 g/mol. The van der Waals surface area contributed by atoms with Crippen molar-refractivity contribution in [1.82, 2.24) is 0 Å². The van der Waals surface area contributed by atoms with Crippen LogP contribution in [-0.2, 0) is 0 Å². The zero-order valence-corrected chi connectivity index (χ0v) is 11.2. The fourth-order valence-corrected chi connectivity index (χ4v) is 2.30. The lowest BCUT2D eigenvalue weighted by atomic mass is 10.0. The molecule has 1 nitrogen and oxygen atoms in total. The summed E-state index contributed by atoms with van der Waals surface area (Å²) in [6.45, 7) is 4.08. The first kappa shape index (κ1) is 13.0. The Morgan fingerprint density at radius 3 is 2.33 bits per heavy atom. The molecule has 0 heterocycles. The number of hydrogen-bond acceptors (Lipinski definition) is 1. The molecule has 0 fully saturated rings. The molecule has 0 aliphatic rings. The van der Waals surface area contributed by atoms with E-state index in [1.807, 2.05) is 42.5 Å². The van der Waals surface area contributed by atoms with Crippen LogP contribution in [-0.4, -0.2) is 6.61 Å². The number of halogens is 2. The molecular formula is C15H12Cl2O. The highest BCUT2D eigenvalue weighted by molar-refractivity contribution is 6.39. The van der Waals surface area contributed by atoms with Crippen LogP contribution in [0.2, 0.25) is 10.0 Å². The Kier molecular flexibility index (Phi) is 4.29. The van der Waals surface area contributed by atoms with Crippen molar-refractivity contribution in [2.75, 3.05) is 6.61 Å². The van der Waals surface area contributed by atoms with Gasteiger partial charge in [-0.1, -0.05) is 60.1 Å². The van der Waals surface area contributed by atoms with Crippen LogP contribution in [0.15, 0.2) is 55.1 Å². The third-order valence-corrected chi connectivity index (χ3v) is 3.11. The third-order valence-electron chi connectivity index (χ3n) is 2.48. The van der Waals surface area contributed by atoms with E-state index in [-0.39, 0.29) is 0 Å². The van der Waals surface area contributed by atoms with Crippen molar-refractivity contribution in [1.29, 1.82) is 0 Å². The van der Waals surface area contributed by atoms with E-state index in [0.717, 1.165) is 16.9 Å². The molecule has 92 valence electrons. The molecule has 0 spiro atoms. The van der Waals surface area contributed by atoms with Crippen molar-refractivity contribution < 1.29 is 4.74 Å². The Labute approximate surface area is 117 Å². The quantitative estimate of drug-likeness (QED) is 0.697. The van der Waals surface area contributed by atoms with Gasteiger partial charge in [-0.15, -0.1) is 0 Å². The largest absolute Gasteiger partial charge is 0.489 e. The van der Waals surface area contributed by atoms with Crippen molar-refractivity contribution in [3.05, 3.63) is 65.2 Å². The second-order valence-corrected chi connectivity index (χ2v) is 4.51. The van der Waals surface area contributed by atoms with Crippen molar-refractivity contribution >= 4 is 23.2 Å². The van der Waals surface area contributed by atoms with Gasteiger partial charge in [0.2, 0.25) is 0 Å². The standard InChI is InChI=1S/C15H12Cl2O/c1-2-10-18-14-9-4-3-6-11(14)15-12(16)7-5-8-13(15)17/h2-9H,1,10H2. The SMILES string of the molecule is C=CCOc1ccccc1-c1c(Cl)cccc1Cl. The Hall–Kier alpha value is -1.44. The second kappa shape index (κ2) is 5.94. The molecule has 2 rings (SSSR count). The molecule has 0 saturated heterocycles. The molecule has 0 N–H and O–H groups in total. The predicted molar refractivity (Wildman–Crippen MR) is 77.6 cm³/mol. The highest BCUT2D eigenvalue weighted by Gasteiger charge is 2.12. The maximum atomic E-state index is 6.21. The monoisotopic (exact) mass is 278 g/mol. The van der Waals surface area contributed by atoms with E-state index in [1.165, 1.54) is 0 Å². The van der Waals surface area contributed by atoms with E-state index in [0.29, 0.717) is 16.7 Å². The minimum absolute atomic E-state index is 0.444. The molecule has 0 aromatic heterocycles. The molecule has 0 aliphatic heterocycles. The highest BCUT2D eigenvalue weighted by atomic mass is 35.5. The van der Waals surface area contributed by atoms with Gasteiger partial charge in [-0.25, -0.2) is 0 Å². The summed E-state index contributed by atoms with van der Waals surface area (Å²) >= 11 is 12.4. The number of benzene rings is 2. The lowest BCUT2D eigenvalue weighted by molar-refractivity contribution is 0.365. The van der Waals surface area contributed by atoms with Gasteiger partial charge in [-0.05, 0) is 18.2 Å². The Morgan fingerprint density at radius 1 is 1.00 bits per heavy atom. The van der Waals surface area contributed by atoms with Crippen molar-refractivity contribution in [3.63, 3.8) is 0 Å². The number of hydrogen-bond donors (Lipinski definition) is 0. The second-order valence-electron chi connectivity index (χ2n) is 3.69. The summed E-state index contributed by atoms with van der Waals surface area (Å²) in [5.74, 6) is 0.743. The van der Waals surface area contributed by atoms with E-state index >= 15 is 0 Å². The van der Waals surface area contributed by atoms with E-state index in [2.05, 4.69) is 6.58 Å². The van der Waals surface area contributed by atoms with Gasteiger partial charge in [0.25, 0.3) is 0 Å². The minimum Gasteiger partial charge on any atom is -0.489 e. The fraction of sp³-hybridized carbons (Fsp3) is 0.0667. The minimum atomic E-state index is 0.444. The molecule has 18 heavy (non-hydrogen) atoms.